The highest BCUT2D eigenvalue weighted by Gasteiger charge is 2.49. The second-order valence-electron chi connectivity index (χ2n) is 6.96. The molecule has 2 aliphatic heterocycles. The number of benzene rings is 2. The summed E-state index contributed by atoms with van der Waals surface area (Å²) < 4.78 is 43.6. The SMILES string of the molecule is C[C@H](Oc1ccccc1)C(=O)N=C1S[C@@H]2CS(=O)(=O)C[C@H]2N1c1cccc(F)c1. The molecule has 2 aromatic carbocycles. The number of para-hydroxylation sites is 1. The van der Waals surface area contributed by atoms with Crippen molar-refractivity contribution in [3.05, 3.63) is 60.4 Å². The maximum Gasteiger partial charge on any atom is 0.288 e. The lowest BCUT2D eigenvalue weighted by Gasteiger charge is -2.24. The number of hydrogen-bond acceptors (Lipinski definition) is 5. The lowest BCUT2D eigenvalue weighted by atomic mass is 10.2. The third-order valence-corrected chi connectivity index (χ3v) is 7.97. The number of carbonyl (C=O) groups excluding carboxylic acids is 1. The van der Waals surface area contributed by atoms with Crippen molar-refractivity contribution in [2.24, 2.45) is 4.99 Å². The van der Waals surface area contributed by atoms with Crippen LogP contribution in [-0.2, 0) is 14.6 Å². The molecule has 2 aliphatic rings. The van der Waals surface area contributed by atoms with Crippen LogP contribution < -0.4 is 9.64 Å². The quantitative estimate of drug-likeness (QED) is 0.737. The number of aliphatic imine (C=N–C) groups is 1. The van der Waals surface area contributed by atoms with E-state index in [4.69, 9.17) is 4.74 Å². The summed E-state index contributed by atoms with van der Waals surface area (Å²) in [5.74, 6) is -0.413. The van der Waals surface area contributed by atoms with Gasteiger partial charge in [0.15, 0.2) is 21.1 Å². The fourth-order valence-corrected chi connectivity index (χ4v) is 7.35. The van der Waals surface area contributed by atoms with Gasteiger partial charge in [0.05, 0.1) is 17.5 Å². The number of amides is 1. The molecule has 2 saturated heterocycles. The molecule has 6 nitrogen and oxygen atoms in total. The molecule has 0 N–H and O–H groups in total. The maximum absolute atomic E-state index is 13.8. The number of halogens is 1. The van der Waals surface area contributed by atoms with Crippen LogP contribution in [0.2, 0.25) is 0 Å². The third-order valence-electron chi connectivity index (χ3n) is 4.76. The minimum Gasteiger partial charge on any atom is -0.481 e. The molecule has 2 aromatic rings. The summed E-state index contributed by atoms with van der Waals surface area (Å²) in [5, 5.41) is 0.120. The topological polar surface area (TPSA) is 76.0 Å². The van der Waals surface area contributed by atoms with E-state index in [1.54, 1.807) is 48.2 Å². The van der Waals surface area contributed by atoms with Gasteiger partial charge in [0, 0.05) is 10.9 Å². The second kappa shape index (κ2) is 7.79. The van der Waals surface area contributed by atoms with Crippen LogP contribution >= 0.6 is 11.8 Å². The average molecular weight is 435 g/mol. The molecule has 2 fully saturated rings. The fourth-order valence-electron chi connectivity index (χ4n) is 3.43. The van der Waals surface area contributed by atoms with E-state index in [-0.39, 0.29) is 22.8 Å². The van der Waals surface area contributed by atoms with Gasteiger partial charge < -0.3 is 9.64 Å². The van der Waals surface area contributed by atoms with Crippen LogP contribution in [0.15, 0.2) is 59.6 Å². The Balaban J connectivity index is 1.61. The normalized spacial score (nSPS) is 25.0. The molecule has 4 rings (SSSR count). The van der Waals surface area contributed by atoms with Crippen molar-refractivity contribution in [2.75, 3.05) is 16.4 Å². The van der Waals surface area contributed by atoms with E-state index in [0.717, 1.165) is 0 Å². The Morgan fingerprint density at radius 2 is 1.97 bits per heavy atom. The molecule has 0 saturated carbocycles. The van der Waals surface area contributed by atoms with Crippen molar-refractivity contribution in [3.63, 3.8) is 0 Å². The number of ether oxygens (including phenoxy) is 1. The summed E-state index contributed by atoms with van der Waals surface area (Å²) in [6.07, 6.45) is -0.816. The molecule has 9 heteroatoms. The van der Waals surface area contributed by atoms with Crippen molar-refractivity contribution in [3.8, 4) is 5.75 Å². The molecule has 0 unspecified atom stereocenters. The van der Waals surface area contributed by atoms with Gasteiger partial charge in [-0.2, -0.15) is 4.99 Å². The number of sulfone groups is 1. The average Bonchev–Trinajstić information content (AvgIpc) is 3.13. The first-order valence-corrected chi connectivity index (χ1v) is 11.8. The predicted molar refractivity (Wildman–Crippen MR) is 112 cm³/mol. The molecule has 0 aromatic heterocycles. The highest BCUT2D eigenvalue weighted by atomic mass is 32.2. The molecule has 2 heterocycles. The Hall–Kier alpha value is -2.39. The van der Waals surface area contributed by atoms with E-state index in [9.17, 15) is 17.6 Å². The lowest BCUT2D eigenvalue weighted by Crippen LogP contribution is -2.38. The Bertz CT molecular complexity index is 1060. The van der Waals surface area contributed by atoms with Crippen LogP contribution in [0.4, 0.5) is 10.1 Å². The van der Waals surface area contributed by atoms with Crippen molar-refractivity contribution >= 4 is 38.4 Å². The van der Waals surface area contributed by atoms with E-state index in [2.05, 4.69) is 4.99 Å². The van der Waals surface area contributed by atoms with Gasteiger partial charge in [0.1, 0.15) is 11.6 Å². The van der Waals surface area contributed by atoms with Gasteiger partial charge in [0.2, 0.25) is 0 Å². The van der Waals surface area contributed by atoms with Gasteiger partial charge in [-0.05, 0) is 37.3 Å². The molecule has 0 radical (unpaired) electrons. The Morgan fingerprint density at radius 1 is 1.21 bits per heavy atom. The highest BCUT2D eigenvalue weighted by Crippen LogP contribution is 2.41. The molecule has 0 aliphatic carbocycles. The summed E-state index contributed by atoms with van der Waals surface area (Å²) in [5.41, 5.74) is 0.477. The third kappa shape index (κ3) is 4.30. The fraction of sp³-hybridized carbons (Fsp3) is 0.300. The smallest absolute Gasteiger partial charge is 0.288 e. The van der Waals surface area contributed by atoms with Crippen molar-refractivity contribution < 1.29 is 22.3 Å². The molecular weight excluding hydrogens is 415 g/mol. The number of carbonyl (C=O) groups is 1. The lowest BCUT2D eigenvalue weighted by molar-refractivity contribution is -0.123. The summed E-state index contributed by atoms with van der Waals surface area (Å²) in [6, 6.07) is 14.4. The van der Waals surface area contributed by atoms with E-state index < -0.39 is 27.7 Å². The van der Waals surface area contributed by atoms with Crippen LogP contribution in [0.1, 0.15) is 6.92 Å². The second-order valence-corrected chi connectivity index (χ2v) is 10.3. The molecule has 29 heavy (non-hydrogen) atoms. The summed E-state index contributed by atoms with van der Waals surface area (Å²) in [7, 11) is -3.19. The number of hydrogen-bond donors (Lipinski definition) is 0. The van der Waals surface area contributed by atoms with Crippen LogP contribution in [0.5, 0.6) is 5.75 Å². The van der Waals surface area contributed by atoms with Gasteiger partial charge in [-0.3, -0.25) is 4.79 Å². The summed E-state index contributed by atoms with van der Waals surface area (Å²) in [6.45, 7) is 1.61. The Kier molecular flexibility index (Phi) is 5.35. The number of amidine groups is 1. The summed E-state index contributed by atoms with van der Waals surface area (Å²) >= 11 is 1.24. The van der Waals surface area contributed by atoms with Crippen LogP contribution in [0.3, 0.4) is 0 Å². The van der Waals surface area contributed by atoms with Gasteiger partial charge >= 0.3 is 0 Å². The molecule has 152 valence electrons. The minimum atomic E-state index is -3.19. The maximum atomic E-state index is 13.8. The molecule has 3 atom stereocenters. The van der Waals surface area contributed by atoms with Gasteiger partial charge in [-0.15, -0.1) is 0 Å². The van der Waals surface area contributed by atoms with Crippen LogP contribution in [0, 0.1) is 5.82 Å². The van der Waals surface area contributed by atoms with Crippen molar-refractivity contribution in [2.45, 2.75) is 24.3 Å². The molecule has 1 amide bonds. The Morgan fingerprint density at radius 3 is 2.69 bits per heavy atom. The number of thioether (sulfide) groups is 1. The minimum absolute atomic E-state index is 0.0113. The van der Waals surface area contributed by atoms with Gasteiger partial charge in [0.25, 0.3) is 5.91 Å². The number of fused-ring (bicyclic) bond motifs is 1. The van der Waals surface area contributed by atoms with Gasteiger partial charge in [-0.25, -0.2) is 12.8 Å². The van der Waals surface area contributed by atoms with Gasteiger partial charge in [-0.1, -0.05) is 36.0 Å². The Labute approximate surface area is 172 Å². The monoisotopic (exact) mass is 434 g/mol. The first kappa shape index (κ1) is 19.9. The zero-order chi connectivity index (χ0) is 20.6. The molecule has 0 spiro atoms. The zero-order valence-electron chi connectivity index (χ0n) is 15.6. The number of rotatable bonds is 4. The zero-order valence-corrected chi connectivity index (χ0v) is 17.2. The molecular formula is C20H19FN2O4S2. The van der Waals surface area contributed by atoms with Crippen molar-refractivity contribution in [1.82, 2.24) is 0 Å². The van der Waals surface area contributed by atoms with E-state index in [0.29, 0.717) is 16.6 Å². The van der Waals surface area contributed by atoms with E-state index >= 15 is 0 Å². The first-order valence-electron chi connectivity index (χ1n) is 9.08. The van der Waals surface area contributed by atoms with Crippen LogP contribution in [0.25, 0.3) is 0 Å². The molecule has 0 bridgehead atoms. The van der Waals surface area contributed by atoms with Crippen LogP contribution in [-0.4, -0.2) is 48.4 Å². The highest BCUT2D eigenvalue weighted by molar-refractivity contribution is 8.16. The number of nitrogens with zero attached hydrogens (tertiary/aromatic N) is 2. The largest absolute Gasteiger partial charge is 0.481 e. The first-order chi connectivity index (χ1) is 13.8. The predicted octanol–water partition coefficient (Wildman–Crippen LogP) is 2.89. The van der Waals surface area contributed by atoms with E-state index in [1.807, 2.05) is 6.07 Å². The van der Waals surface area contributed by atoms with E-state index in [1.165, 1.54) is 23.9 Å². The summed E-state index contributed by atoms with van der Waals surface area (Å²) in [4.78, 5) is 18.5. The number of anilines is 1. The van der Waals surface area contributed by atoms with Crippen molar-refractivity contribution in [1.29, 1.82) is 0 Å². The standard InChI is InChI=1S/C20H19FN2O4S2/c1-13(27-16-8-3-2-4-9-16)19(24)22-20-23(15-7-5-6-14(21)10-15)17-11-29(25,26)12-18(17)28-20/h2-10,13,17-18H,11-12H2,1H3/t13-,17+,18+/m0/s1.